The smallest absolute Gasteiger partial charge is 0.193 e. The third-order valence-electron chi connectivity index (χ3n) is 5.76. The zero-order valence-electron chi connectivity index (χ0n) is 18.8. The molecule has 3 heteroatoms. The first-order valence-corrected chi connectivity index (χ1v) is 10.7. The van der Waals surface area contributed by atoms with Crippen molar-refractivity contribution in [3.63, 3.8) is 0 Å². The Morgan fingerprint density at radius 3 is 1.41 bits per heavy atom. The first-order valence-electron chi connectivity index (χ1n) is 10.7. The molecule has 160 valence electrons. The molecular formula is C29H26O3. The number of benzene rings is 4. The molecule has 0 heterocycles. The lowest BCUT2D eigenvalue weighted by molar-refractivity contribution is 0.103. The summed E-state index contributed by atoms with van der Waals surface area (Å²) in [6.07, 6.45) is 0. The lowest BCUT2D eigenvalue weighted by atomic mass is 10.0. The number of carbonyl (C=O) groups is 1. The SMILES string of the molecule is Cc1cccc(Oc2cccc(C(=O)c3cccc(Oc4cccc(C)c4C)c3)c2)c1C. The number of carbonyl (C=O) groups excluding carboxylic acids is 1. The summed E-state index contributed by atoms with van der Waals surface area (Å²) in [5.41, 5.74) is 5.63. The van der Waals surface area contributed by atoms with Gasteiger partial charge in [0.15, 0.2) is 5.78 Å². The fourth-order valence-electron chi connectivity index (χ4n) is 3.49. The lowest BCUT2D eigenvalue weighted by Crippen LogP contribution is -2.02. The molecule has 0 N–H and O–H groups in total. The Morgan fingerprint density at radius 1 is 0.562 bits per heavy atom. The molecule has 0 aliphatic rings. The molecule has 0 atom stereocenters. The molecule has 0 unspecified atom stereocenters. The highest BCUT2D eigenvalue weighted by Gasteiger charge is 2.13. The Kier molecular flexibility index (Phi) is 6.09. The summed E-state index contributed by atoms with van der Waals surface area (Å²) in [4.78, 5) is 13.2. The number of aryl methyl sites for hydroxylation is 2. The van der Waals surface area contributed by atoms with Crippen LogP contribution in [0.5, 0.6) is 23.0 Å². The van der Waals surface area contributed by atoms with Gasteiger partial charge in [-0.15, -0.1) is 0 Å². The van der Waals surface area contributed by atoms with Crippen molar-refractivity contribution in [1.82, 2.24) is 0 Å². The van der Waals surface area contributed by atoms with Crippen molar-refractivity contribution in [3.8, 4) is 23.0 Å². The Hall–Kier alpha value is -3.85. The van der Waals surface area contributed by atoms with E-state index in [2.05, 4.69) is 26.0 Å². The fourth-order valence-corrected chi connectivity index (χ4v) is 3.49. The van der Waals surface area contributed by atoms with Gasteiger partial charge in [0.2, 0.25) is 0 Å². The fraction of sp³-hybridized carbons (Fsp3) is 0.138. The molecule has 4 rings (SSSR count). The Morgan fingerprint density at radius 2 is 0.969 bits per heavy atom. The van der Waals surface area contributed by atoms with E-state index in [0.29, 0.717) is 22.6 Å². The normalized spacial score (nSPS) is 10.6. The second-order valence-corrected chi connectivity index (χ2v) is 7.99. The van der Waals surface area contributed by atoms with Crippen LogP contribution in [0.1, 0.15) is 38.2 Å². The van der Waals surface area contributed by atoms with E-state index in [-0.39, 0.29) is 5.78 Å². The van der Waals surface area contributed by atoms with E-state index in [0.717, 1.165) is 33.8 Å². The van der Waals surface area contributed by atoms with E-state index in [4.69, 9.17) is 9.47 Å². The second-order valence-electron chi connectivity index (χ2n) is 7.99. The van der Waals surface area contributed by atoms with Gasteiger partial charge < -0.3 is 9.47 Å². The maximum absolute atomic E-state index is 13.2. The Labute approximate surface area is 189 Å². The molecule has 0 spiro atoms. The number of rotatable bonds is 6. The van der Waals surface area contributed by atoms with Gasteiger partial charge in [0.1, 0.15) is 23.0 Å². The number of hydrogen-bond acceptors (Lipinski definition) is 3. The number of hydrogen-bond donors (Lipinski definition) is 0. The van der Waals surface area contributed by atoms with E-state index in [1.165, 1.54) is 0 Å². The van der Waals surface area contributed by atoms with E-state index >= 15 is 0 Å². The van der Waals surface area contributed by atoms with Crippen molar-refractivity contribution in [3.05, 3.63) is 118 Å². The average Bonchev–Trinajstić information content (AvgIpc) is 2.80. The topological polar surface area (TPSA) is 35.5 Å². The number of ether oxygens (including phenoxy) is 2. The lowest BCUT2D eigenvalue weighted by Gasteiger charge is -2.12. The molecule has 0 aliphatic heterocycles. The highest BCUT2D eigenvalue weighted by atomic mass is 16.5. The predicted molar refractivity (Wildman–Crippen MR) is 128 cm³/mol. The summed E-state index contributed by atoms with van der Waals surface area (Å²) < 4.78 is 12.1. The Balaban J connectivity index is 1.57. The molecule has 32 heavy (non-hydrogen) atoms. The van der Waals surface area contributed by atoms with Gasteiger partial charge in [-0.3, -0.25) is 4.79 Å². The molecule has 0 bridgehead atoms. The minimum absolute atomic E-state index is 0.0807. The summed E-state index contributed by atoms with van der Waals surface area (Å²) in [7, 11) is 0. The van der Waals surface area contributed by atoms with Crippen molar-refractivity contribution < 1.29 is 14.3 Å². The van der Waals surface area contributed by atoms with E-state index < -0.39 is 0 Å². The summed E-state index contributed by atoms with van der Waals surface area (Å²) in [6, 6.07) is 26.5. The third kappa shape index (κ3) is 4.57. The Bertz CT molecular complexity index is 1190. The summed E-state index contributed by atoms with van der Waals surface area (Å²) in [6.45, 7) is 8.16. The van der Waals surface area contributed by atoms with Gasteiger partial charge in [-0.1, -0.05) is 48.5 Å². The van der Waals surface area contributed by atoms with Crippen LogP contribution in [0.15, 0.2) is 84.9 Å². The molecule has 4 aromatic carbocycles. The maximum Gasteiger partial charge on any atom is 0.193 e. The zero-order valence-corrected chi connectivity index (χ0v) is 18.8. The van der Waals surface area contributed by atoms with Crippen LogP contribution >= 0.6 is 0 Å². The van der Waals surface area contributed by atoms with Crippen LogP contribution in [0.2, 0.25) is 0 Å². The molecule has 4 aromatic rings. The highest BCUT2D eigenvalue weighted by molar-refractivity contribution is 6.09. The third-order valence-corrected chi connectivity index (χ3v) is 5.76. The van der Waals surface area contributed by atoms with Crippen molar-refractivity contribution in [2.45, 2.75) is 27.7 Å². The van der Waals surface area contributed by atoms with Crippen LogP contribution < -0.4 is 9.47 Å². The van der Waals surface area contributed by atoms with Gasteiger partial charge in [0.05, 0.1) is 0 Å². The van der Waals surface area contributed by atoms with Crippen molar-refractivity contribution in [2.75, 3.05) is 0 Å². The van der Waals surface area contributed by atoms with Gasteiger partial charge >= 0.3 is 0 Å². The average molecular weight is 423 g/mol. The molecule has 0 radical (unpaired) electrons. The largest absolute Gasteiger partial charge is 0.457 e. The summed E-state index contributed by atoms with van der Waals surface area (Å²) in [5, 5.41) is 0. The molecule has 0 amide bonds. The summed E-state index contributed by atoms with van der Waals surface area (Å²) in [5.74, 6) is 2.76. The van der Waals surface area contributed by atoms with Crippen LogP contribution in [0, 0.1) is 27.7 Å². The minimum atomic E-state index is -0.0807. The van der Waals surface area contributed by atoms with Crippen molar-refractivity contribution >= 4 is 5.78 Å². The monoisotopic (exact) mass is 422 g/mol. The van der Waals surface area contributed by atoms with Crippen molar-refractivity contribution in [2.24, 2.45) is 0 Å². The van der Waals surface area contributed by atoms with Crippen LogP contribution in [0.3, 0.4) is 0 Å². The van der Waals surface area contributed by atoms with Gasteiger partial charge in [-0.05, 0) is 86.3 Å². The van der Waals surface area contributed by atoms with Gasteiger partial charge in [-0.25, -0.2) is 0 Å². The van der Waals surface area contributed by atoms with Crippen molar-refractivity contribution in [1.29, 1.82) is 0 Å². The molecule has 0 saturated carbocycles. The minimum Gasteiger partial charge on any atom is -0.457 e. The predicted octanol–water partition coefficient (Wildman–Crippen LogP) is 7.74. The second kappa shape index (κ2) is 9.11. The van der Waals surface area contributed by atoms with Crippen LogP contribution in [0.4, 0.5) is 0 Å². The van der Waals surface area contributed by atoms with Crippen LogP contribution in [0.25, 0.3) is 0 Å². The first kappa shape index (κ1) is 21.4. The quantitative estimate of drug-likeness (QED) is 0.298. The van der Waals surface area contributed by atoms with E-state index in [1.807, 2.05) is 62.4 Å². The van der Waals surface area contributed by atoms with E-state index in [1.54, 1.807) is 24.3 Å². The zero-order chi connectivity index (χ0) is 22.7. The van der Waals surface area contributed by atoms with Gasteiger partial charge in [-0.2, -0.15) is 0 Å². The molecule has 0 aromatic heterocycles. The maximum atomic E-state index is 13.2. The molecule has 0 fully saturated rings. The van der Waals surface area contributed by atoms with Crippen LogP contribution in [-0.2, 0) is 0 Å². The van der Waals surface area contributed by atoms with E-state index in [9.17, 15) is 4.79 Å². The number of ketones is 1. The summed E-state index contributed by atoms with van der Waals surface area (Å²) >= 11 is 0. The molecule has 0 aliphatic carbocycles. The van der Waals surface area contributed by atoms with Crippen LogP contribution in [-0.4, -0.2) is 5.78 Å². The molecular weight excluding hydrogens is 396 g/mol. The van der Waals surface area contributed by atoms with Gasteiger partial charge in [0.25, 0.3) is 0 Å². The highest BCUT2D eigenvalue weighted by Crippen LogP contribution is 2.30. The van der Waals surface area contributed by atoms with Gasteiger partial charge in [0, 0.05) is 11.1 Å². The standard InChI is InChI=1S/C29H26O3/c1-19-9-5-15-27(21(19)3)31-25-13-7-11-23(17-25)29(30)24-12-8-14-26(18-24)32-28-16-6-10-20(2)22(28)4/h5-18H,1-4H3. The molecule has 3 nitrogen and oxygen atoms in total. The molecule has 0 saturated heterocycles. The first-order chi connectivity index (χ1) is 15.4.